The smallest absolute Gasteiger partial charge is 0.251 e. The van der Waals surface area contributed by atoms with Gasteiger partial charge in [-0.3, -0.25) is 4.79 Å². The van der Waals surface area contributed by atoms with E-state index in [9.17, 15) is 4.79 Å². The summed E-state index contributed by atoms with van der Waals surface area (Å²) in [6.45, 7) is 8.23. The first kappa shape index (κ1) is 13.6. The van der Waals surface area contributed by atoms with Crippen LogP contribution in [0.4, 0.5) is 5.69 Å². The molecule has 0 aliphatic rings. The second-order valence-electron chi connectivity index (χ2n) is 4.80. The zero-order chi connectivity index (χ0) is 13.0. The summed E-state index contributed by atoms with van der Waals surface area (Å²) in [7, 11) is 0. The van der Waals surface area contributed by atoms with Gasteiger partial charge in [-0.2, -0.15) is 0 Å². The maximum absolute atomic E-state index is 12.0. The Kier molecular flexibility index (Phi) is 4.55. The highest BCUT2D eigenvalue weighted by Crippen LogP contribution is 2.14. The lowest BCUT2D eigenvalue weighted by Crippen LogP contribution is -2.38. The molecule has 0 saturated carbocycles. The Morgan fingerprint density at radius 3 is 2.53 bits per heavy atom. The number of hydrogen-bond acceptors (Lipinski definition) is 2. The molecule has 1 aromatic rings. The third kappa shape index (κ3) is 3.48. The highest BCUT2D eigenvalue weighted by Gasteiger charge is 2.15. The number of carbonyl (C=O) groups excluding carboxylic acids is 1. The van der Waals surface area contributed by atoms with Gasteiger partial charge in [-0.15, -0.1) is 0 Å². The zero-order valence-corrected chi connectivity index (χ0v) is 11.1. The molecule has 1 rings (SSSR count). The molecule has 3 N–H and O–H groups in total. The van der Waals surface area contributed by atoms with Crippen LogP contribution in [0.2, 0.25) is 0 Å². The van der Waals surface area contributed by atoms with Crippen molar-refractivity contribution in [2.24, 2.45) is 5.92 Å². The number of nitrogens with two attached hydrogens (primary N) is 1. The standard InChI is InChI=1S/C14H22N2O/c1-5-13(9(2)3)16-14(17)11-7-6-10(4)12(15)8-11/h6-9,13H,5,15H2,1-4H3,(H,16,17). The molecule has 0 bridgehead atoms. The summed E-state index contributed by atoms with van der Waals surface area (Å²) >= 11 is 0. The van der Waals surface area contributed by atoms with E-state index in [1.165, 1.54) is 0 Å². The maximum Gasteiger partial charge on any atom is 0.251 e. The fourth-order valence-corrected chi connectivity index (χ4v) is 1.77. The number of amides is 1. The van der Waals surface area contributed by atoms with Crippen LogP contribution in [0.25, 0.3) is 0 Å². The topological polar surface area (TPSA) is 55.1 Å². The highest BCUT2D eigenvalue weighted by molar-refractivity contribution is 5.95. The molecule has 0 aliphatic heterocycles. The normalized spacial score (nSPS) is 12.5. The van der Waals surface area contributed by atoms with Gasteiger partial charge < -0.3 is 11.1 Å². The second-order valence-corrected chi connectivity index (χ2v) is 4.80. The van der Waals surface area contributed by atoms with E-state index in [4.69, 9.17) is 5.73 Å². The summed E-state index contributed by atoms with van der Waals surface area (Å²) in [5, 5.41) is 3.03. The molecule has 0 aliphatic carbocycles. The minimum absolute atomic E-state index is 0.0442. The van der Waals surface area contributed by atoms with Crippen molar-refractivity contribution in [3.63, 3.8) is 0 Å². The van der Waals surface area contributed by atoms with Crippen LogP contribution in [0.3, 0.4) is 0 Å². The van der Waals surface area contributed by atoms with Gasteiger partial charge in [0.1, 0.15) is 0 Å². The first-order chi connectivity index (χ1) is 7.95. The summed E-state index contributed by atoms with van der Waals surface area (Å²) < 4.78 is 0. The Morgan fingerprint density at radius 2 is 2.06 bits per heavy atom. The van der Waals surface area contributed by atoms with Crippen LogP contribution >= 0.6 is 0 Å². The Labute approximate surface area is 103 Å². The van der Waals surface area contributed by atoms with Gasteiger partial charge in [-0.25, -0.2) is 0 Å². The molecule has 1 amide bonds. The second kappa shape index (κ2) is 5.71. The van der Waals surface area contributed by atoms with E-state index >= 15 is 0 Å². The quantitative estimate of drug-likeness (QED) is 0.787. The maximum atomic E-state index is 12.0. The number of benzene rings is 1. The molecule has 3 heteroatoms. The third-order valence-electron chi connectivity index (χ3n) is 3.10. The predicted molar refractivity (Wildman–Crippen MR) is 72.0 cm³/mol. The molecule has 0 aromatic heterocycles. The molecule has 0 heterocycles. The van der Waals surface area contributed by atoms with Crippen LogP contribution in [0, 0.1) is 12.8 Å². The van der Waals surface area contributed by atoms with Crippen molar-refractivity contribution in [1.29, 1.82) is 0 Å². The van der Waals surface area contributed by atoms with Gasteiger partial charge in [0, 0.05) is 17.3 Å². The third-order valence-corrected chi connectivity index (χ3v) is 3.10. The Morgan fingerprint density at radius 1 is 1.41 bits per heavy atom. The lowest BCUT2D eigenvalue weighted by atomic mass is 10.0. The highest BCUT2D eigenvalue weighted by atomic mass is 16.1. The van der Waals surface area contributed by atoms with Crippen LogP contribution in [0.15, 0.2) is 18.2 Å². The van der Waals surface area contributed by atoms with Crippen molar-refractivity contribution in [2.45, 2.75) is 40.2 Å². The fraction of sp³-hybridized carbons (Fsp3) is 0.500. The lowest BCUT2D eigenvalue weighted by Gasteiger charge is -2.20. The van der Waals surface area contributed by atoms with E-state index in [-0.39, 0.29) is 11.9 Å². The number of aryl methyl sites for hydroxylation is 1. The van der Waals surface area contributed by atoms with Gasteiger partial charge in [-0.05, 0) is 37.0 Å². The van der Waals surface area contributed by atoms with Crippen LogP contribution < -0.4 is 11.1 Å². The molecular formula is C14H22N2O. The summed E-state index contributed by atoms with van der Waals surface area (Å²) in [6, 6.07) is 5.64. The molecule has 3 nitrogen and oxygen atoms in total. The molecule has 0 fully saturated rings. The van der Waals surface area contributed by atoms with Gasteiger partial charge in [-0.1, -0.05) is 26.8 Å². The van der Waals surface area contributed by atoms with E-state index in [1.807, 2.05) is 19.1 Å². The number of rotatable bonds is 4. The summed E-state index contributed by atoms with van der Waals surface area (Å²) in [6.07, 6.45) is 0.935. The van der Waals surface area contributed by atoms with Crippen molar-refractivity contribution in [3.8, 4) is 0 Å². The molecule has 17 heavy (non-hydrogen) atoms. The Bertz CT molecular complexity index is 399. The Hall–Kier alpha value is -1.51. The van der Waals surface area contributed by atoms with Crippen LogP contribution in [-0.4, -0.2) is 11.9 Å². The molecule has 1 unspecified atom stereocenters. The van der Waals surface area contributed by atoms with Crippen molar-refractivity contribution >= 4 is 11.6 Å². The predicted octanol–water partition coefficient (Wildman–Crippen LogP) is 2.74. The Balaban J connectivity index is 2.79. The van der Waals surface area contributed by atoms with Crippen molar-refractivity contribution in [1.82, 2.24) is 5.32 Å². The molecule has 94 valence electrons. The number of hydrogen-bond donors (Lipinski definition) is 2. The van der Waals surface area contributed by atoms with E-state index in [1.54, 1.807) is 6.07 Å². The summed E-state index contributed by atoms with van der Waals surface area (Å²) in [5.41, 5.74) is 8.09. The summed E-state index contributed by atoms with van der Waals surface area (Å²) in [5.74, 6) is 0.393. The lowest BCUT2D eigenvalue weighted by molar-refractivity contribution is 0.0924. The molecule has 0 saturated heterocycles. The largest absolute Gasteiger partial charge is 0.398 e. The van der Waals surface area contributed by atoms with Gasteiger partial charge >= 0.3 is 0 Å². The van der Waals surface area contributed by atoms with Crippen LogP contribution in [0.1, 0.15) is 43.1 Å². The molecule has 1 aromatic carbocycles. The fourth-order valence-electron chi connectivity index (χ4n) is 1.77. The van der Waals surface area contributed by atoms with E-state index in [2.05, 4.69) is 26.1 Å². The molecule has 0 spiro atoms. The van der Waals surface area contributed by atoms with Gasteiger partial charge in [0.2, 0.25) is 0 Å². The zero-order valence-electron chi connectivity index (χ0n) is 11.1. The van der Waals surface area contributed by atoms with E-state index in [0.717, 1.165) is 12.0 Å². The SMILES string of the molecule is CCC(NC(=O)c1ccc(C)c(N)c1)C(C)C. The number of carbonyl (C=O) groups is 1. The number of nitrogens with one attached hydrogen (secondary N) is 1. The van der Waals surface area contributed by atoms with Crippen LogP contribution in [-0.2, 0) is 0 Å². The average Bonchev–Trinajstić information content (AvgIpc) is 2.28. The minimum Gasteiger partial charge on any atom is -0.398 e. The van der Waals surface area contributed by atoms with Gasteiger partial charge in [0.25, 0.3) is 5.91 Å². The van der Waals surface area contributed by atoms with Crippen molar-refractivity contribution in [3.05, 3.63) is 29.3 Å². The minimum atomic E-state index is -0.0442. The average molecular weight is 234 g/mol. The summed E-state index contributed by atoms with van der Waals surface area (Å²) in [4.78, 5) is 12.0. The van der Waals surface area contributed by atoms with Gasteiger partial charge in [0.05, 0.1) is 0 Å². The van der Waals surface area contributed by atoms with Crippen molar-refractivity contribution in [2.75, 3.05) is 5.73 Å². The first-order valence-electron chi connectivity index (χ1n) is 6.12. The first-order valence-corrected chi connectivity index (χ1v) is 6.12. The number of anilines is 1. The van der Waals surface area contributed by atoms with Crippen molar-refractivity contribution < 1.29 is 4.79 Å². The molecule has 1 atom stereocenters. The van der Waals surface area contributed by atoms with E-state index < -0.39 is 0 Å². The van der Waals surface area contributed by atoms with Crippen LogP contribution in [0.5, 0.6) is 0 Å². The van der Waals surface area contributed by atoms with E-state index in [0.29, 0.717) is 17.2 Å². The monoisotopic (exact) mass is 234 g/mol. The van der Waals surface area contributed by atoms with Gasteiger partial charge in [0.15, 0.2) is 0 Å². The molecular weight excluding hydrogens is 212 g/mol. The molecule has 0 radical (unpaired) electrons. The number of nitrogen functional groups attached to an aromatic ring is 1.